The van der Waals surface area contributed by atoms with E-state index in [2.05, 4.69) is 86.8 Å². The molecule has 0 N–H and O–H groups in total. The lowest BCUT2D eigenvalue weighted by molar-refractivity contribution is 0.542. The Balaban J connectivity index is 2.24. The summed E-state index contributed by atoms with van der Waals surface area (Å²) < 4.78 is 1.91. The third-order valence-electron chi connectivity index (χ3n) is 3.08. The molecule has 1 aromatic heterocycles. The van der Waals surface area contributed by atoms with Crippen molar-refractivity contribution in [1.82, 2.24) is 9.97 Å². The number of anilines is 1. The summed E-state index contributed by atoms with van der Waals surface area (Å²) in [7, 11) is 2.04. The number of benzene rings is 1. The van der Waals surface area contributed by atoms with Gasteiger partial charge < -0.3 is 4.90 Å². The molecule has 2 aromatic rings. The van der Waals surface area contributed by atoms with Gasteiger partial charge in [-0.1, -0.05) is 48.8 Å². The molecule has 0 fully saturated rings. The summed E-state index contributed by atoms with van der Waals surface area (Å²) in [6, 6.07) is 10.3. The molecule has 112 valence electrons. The highest BCUT2D eigenvalue weighted by atomic mass is 79.9. The fourth-order valence-corrected chi connectivity index (χ4v) is 2.52. The van der Waals surface area contributed by atoms with E-state index in [1.807, 2.05) is 13.1 Å². The summed E-state index contributed by atoms with van der Waals surface area (Å²) in [5.74, 6) is 1.76. The molecule has 0 saturated carbocycles. The lowest BCUT2D eigenvalue weighted by Gasteiger charge is -2.22. The van der Waals surface area contributed by atoms with E-state index in [4.69, 9.17) is 4.98 Å². The lowest BCUT2D eigenvalue weighted by Crippen LogP contribution is -2.22. The highest BCUT2D eigenvalue weighted by molar-refractivity contribution is 9.10. The van der Waals surface area contributed by atoms with Crippen LogP contribution in [0.5, 0.6) is 0 Å². The van der Waals surface area contributed by atoms with Crippen molar-refractivity contribution in [3.05, 3.63) is 50.8 Å². The number of hydrogen-bond donors (Lipinski definition) is 0. The summed E-state index contributed by atoms with van der Waals surface area (Å²) in [6.07, 6.45) is 0. The van der Waals surface area contributed by atoms with Crippen LogP contribution in [-0.4, -0.2) is 17.0 Å². The first kappa shape index (κ1) is 16.4. The monoisotopic (exact) mass is 411 g/mol. The van der Waals surface area contributed by atoms with Crippen molar-refractivity contribution in [2.24, 2.45) is 0 Å². The predicted molar refractivity (Wildman–Crippen MR) is 94.7 cm³/mol. The van der Waals surface area contributed by atoms with Crippen molar-refractivity contribution < 1.29 is 0 Å². The quantitative estimate of drug-likeness (QED) is 0.668. The molecule has 0 aliphatic carbocycles. The minimum atomic E-state index is -0.0724. The summed E-state index contributed by atoms with van der Waals surface area (Å²) in [5, 5.41) is 0. The molecule has 5 heteroatoms. The van der Waals surface area contributed by atoms with E-state index >= 15 is 0 Å². The number of nitrogens with zero attached hydrogens (tertiary/aromatic N) is 3. The standard InChI is InChI=1S/C16H19Br2N3/c1-16(2,3)15-19-13(18)9-14(20-15)21(4)10-11-5-7-12(17)8-6-11/h5-9H,10H2,1-4H3. The average molecular weight is 413 g/mol. The SMILES string of the molecule is CN(Cc1ccc(Br)cc1)c1cc(Br)nc(C(C)(C)C)n1. The molecule has 0 aliphatic heterocycles. The number of aromatic nitrogens is 2. The van der Waals surface area contributed by atoms with Crippen LogP contribution in [0, 0.1) is 0 Å². The zero-order chi connectivity index (χ0) is 15.6. The minimum Gasteiger partial charge on any atom is -0.355 e. The molecular formula is C16H19Br2N3. The Kier molecular flexibility index (Phi) is 5.04. The van der Waals surface area contributed by atoms with Crippen molar-refractivity contribution in [1.29, 1.82) is 0 Å². The molecule has 0 aliphatic rings. The Morgan fingerprint density at radius 2 is 1.67 bits per heavy atom. The van der Waals surface area contributed by atoms with Gasteiger partial charge in [0.1, 0.15) is 16.2 Å². The van der Waals surface area contributed by atoms with Crippen molar-refractivity contribution in [3.8, 4) is 0 Å². The van der Waals surface area contributed by atoms with Crippen LogP contribution in [0.25, 0.3) is 0 Å². The Morgan fingerprint density at radius 3 is 2.24 bits per heavy atom. The van der Waals surface area contributed by atoms with Gasteiger partial charge in [-0.05, 0) is 33.6 Å². The van der Waals surface area contributed by atoms with Gasteiger partial charge in [0.25, 0.3) is 0 Å². The van der Waals surface area contributed by atoms with E-state index < -0.39 is 0 Å². The first-order valence-electron chi connectivity index (χ1n) is 6.76. The molecule has 0 spiro atoms. The summed E-state index contributed by atoms with van der Waals surface area (Å²) >= 11 is 6.94. The zero-order valence-electron chi connectivity index (χ0n) is 12.7. The third-order valence-corrected chi connectivity index (χ3v) is 4.01. The maximum absolute atomic E-state index is 4.69. The van der Waals surface area contributed by atoms with Gasteiger partial charge in [-0.2, -0.15) is 0 Å². The van der Waals surface area contributed by atoms with Crippen LogP contribution in [0.3, 0.4) is 0 Å². The lowest BCUT2D eigenvalue weighted by atomic mass is 9.96. The Bertz CT molecular complexity index is 618. The van der Waals surface area contributed by atoms with Gasteiger partial charge in [-0.15, -0.1) is 0 Å². The van der Waals surface area contributed by atoms with Gasteiger partial charge in [-0.25, -0.2) is 9.97 Å². The Hall–Kier alpha value is -0.940. The van der Waals surface area contributed by atoms with E-state index in [-0.39, 0.29) is 5.41 Å². The smallest absolute Gasteiger partial charge is 0.137 e. The second-order valence-corrected chi connectivity index (χ2v) is 7.83. The second kappa shape index (κ2) is 6.44. The van der Waals surface area contributed by atoms with Crippen LogP contribution in [0.1, 0.15) is 32.2 Å². The fraction of sp³-hybridized carbons (Fsp3) is 0.375. The van der Waals surface area contributed by atoms with E-state index in [1.165, 1.54) is 5.56 Å². The van der Waals surface area contributed by atoms with Crippen LogP contribution in [0.2, 0.25) is 0 Å². The van der Waals surface area contributed by atoms with E-state index in [9.17, 15) is 0 Å². The van der Waals surface area contributed by atoms with Crippen LogP contribution in [0.4, 0.5) is 5.82 Å². The summed E-state index contributed by atoms with van der Waals surface area (Å²) in [5.41, 5.74) is 1.17. The molecular weight excluding hydrogens is 394 g/mol. The van der Waals surface area contributed by atoms with Crippen molar-refractivity contribution in [3.63, 3.8) is 0 Å². The molecule has 0 radical (unpaired) electrons. The molecule has 0 amide bonds. The molecule has 1 aromatic carbocycles. The maximum atomic E-state index is 4.69. The number of hydrogen-bond acceptors (Lipinski definition) is 3. The van der Waals surface area contributed by atoms with Crippen LogP contribution < -0.4 is 4.90 Å². The van der Waals surface area contributed by atoms with Gasteiger partial charge in [0, 0.05) is 29.5 Å². The molecule has 3 nitrogen and oxygen atoms in total. The number of halogens is 2. The maximum Gasteiger partial charge on any atom is 0.137 e. The Morgan fingerprint density at radius 1 is 1.05 bits per heavy atom. The average Bonchev–Trinajstić information content (AvgIpc) is 2.39. The largest absolute Gasteiger partial charge is 0.355 e. The molecule has 0 bridgehead atoms. The highest BCUT2D eigenvalue weighted by Crippen LogP contribution is 2.24. The summed E-state index contributed by atoms with van der Waals surface area (Å²) in [6.45, 7) is 7.16. The zero-order valence-corrected chi connectivity index (χ0v) is 15.9. The van der Waals surface area contributed by atoms with Crippen molar-refractivity contribution >= 4 is 37.7 Å². The van der Waals surface area contributed by atoms with E-state index in [0.29, 0.717) is 0 Å². The highest BCUT2D eigenvalue weighted by Gasteiger charge is 2.19. The fourth-order valence-electron chi connectivity index (χ4n) is 1.88. The molecule has 0 atom stereocenters. The van der Waals surface area contributed by atoms with Gasteiger partial charge in [-0.3, -0.25) is 0 Å². The van der Waals surface area contributed by atoms with Crippen LogP contribution in [0.15, 0.2) is 39.4 Å². The van der Waals surface area contributed by atoms with Crippen LogP contribution >= 0.6 is 31.9 Å². The second-order valence-electron chi connectivity index (χ2n) is 6.11. The Labute approximate surface area is 143 Å². The van der Waals surface area contributed by atoms with Crippen LogP contribution in [-0.2, 0) is 12.0 Å². The molecule has 1 heterocycles. The van der Waals surface area contributed by atoms with Crippen molar-refractivity contribution in [2.45, 2.75) is 32.7 Å². The first-order chi connectivity index (χ1) is 9.75. The third kappa shape index (κ3) is 4.51. The molecule has 2 rings (SSSR count). The van der Waals surface area contributed by atoms with Crippen molar-refractivity contribution in [2.75, 3.05) is 11.9 Å². The molecule has 21 heavy (non-hydrogen) atoms. The molecule has 0 saturated heterocycles. The van der Waals surface area contributed by atoms with Gasteiger partial charge in [0.15, 0.2) is 0 Å². The topological polar surface area (TPSA) is 29.0 Å². The summed E-state index contributed by atoms with van der Waals surface area (Å²) in [4.78, 5) is 11.3. The number of rotatable bonds is 3. The molecule has 0 unspecified atom stereocenters. The predicted octanol–water partition coefficient (Wildman–Crippen LogP) is 4.94. The van der Waals surface area contributed by atoms with Gasteiger partial charge >= 0.3 is 0 Å². The van der Waals surface area contributed by atoms with Gasteiger partial charge in [0.2, 0.25) is 0 Å². The first-order valence-corrected chi connectivity index (χ1v) is 8.35. The van der Waals surface area contributed by atoms with E-state index in [1.54, 1.807) is 0 Å². The normalized spacial score (nSPS) is 11.5. The van der Waals surface area contributed by atoms with E-state index in [0.717, 1.165) is 27.3 Å². The van der Waals surface area contributed by atoms with Gasteiger partial charge in [0.05, 0.1) is 0 Å². The minimum absolute atomic E-state index is 0.0724.